The van der Waals surface area contributed by atoms with E-state index in [1.807, 2.05) is 4.72 Å². The molecule has 4 aromatic rings. The number of nitrogens with zero attached hydrogens (tertiary/aromatic N) is 2. The molecule has 0 spiro atoms. The third-order valence-electron chi connectivity index (χ3n) is 5.47. The summed E-state index contributed by atoms with van der Waals surface area (Å²) in [6, 6.07) is 14.4. The molecule has 0 aliphatic heterocycles. The van der Waals surface area contributed by atoms with E-state index in [-0.39, 0.29) is 21.7 Å². The van der Waals surface area contributed by atoms with E-state index in [4.69, 9.17) is 0 Å². The summed E-state index contributed by atoms with van der Waals surface area (Å²) in [4.78, 5) is 30.6. The Morgan fingerprint density at radius 1 is 0.810 bits per heavy atom. The lowest BCUT2D eigenvalue weighted by Crippen LogP contribution is -2.31. The maximum Gasteiger partial charge on any atom is 0.387 e. The average Bonchev–Trinajstić information content (AvgIpc) is 2.95. The lowest BCUT2D eigenvalue weighted by molar-refractivity contribution is -0.0689. The molecule has 0 unspecified atom stereocenters. The summed E-state index contributed by atoms with van der Waals surface area (Å²) in [5, 5.41) is 0. The Morgan fingerprint density at radius 3 is 2.07 bits per heavy atom. The van der Waals surface area contributed by atoms with Crippen LogP contribution in [0.4, 0.5) is 33.3 Å². The molecule has 0 saturated carbocycles. The van der Waals surface area contributed by atoms with Crippen LogP contribution in [-0.4, -0.2) is 38.4 Å². The highest BCUT2D eigenvalue weighted by molar-refractivity contribution is 7.90. The number of sulfonamides is 1. The van der Waals surface area contributed by atoms with Crippen molar-refractivity contribution in [2.45, 2.75) is 18.1 Å². The van der Waals surface area contributed by atoms with Gasteiger partial charge in [-0.25, -0.2) is 17.5 Å². The van der Waals surface area contributed by atoms with Gasteiger partial charge in [-0.3, -0.25) is 19.5 Å². The molecule has 0 saturated heterocycles. The second-order valence-electron chi connectivity index (χ2n) is 8.18. The van der Waals surface area contributed by atoms with E-state index in [9.17, 15) is 40.0 Å². The van der Waals surface area contributed by atoms with Crippen molar-refractivity contribution >= 4 is 33.2 Å². The van der Waals surface area contributed by atoms with Crippen LogP contribution in [0.25, 0.3) is 0 Å². The molecule has 42 heavy (non-hydrogen) atoms. The lowest BCUT2D eigenvalue weighted by atomic mass is 10.1. The van der Waals surface area contributed by atoms with E-state index in [1.54, 1.807) is 0 Å². The van der Waals surface area contributed by atoms with Crippen LogP contribution < -0.4 is 19.1 Å². The quantitative estimate of drug-likeness (QED) is 0.236. The van der Waals surface area contributed by atoms with E-state index < -0.39 is 58.1 Å². The molecule has 0 bridgehead atoms. The minimum absolute atomic E-state index is 0.0344. The van der Waals surface area contributed by atoms with Gasteiger partial charge in [-0.15, -0.1) is 0 Å². The Labute approximate surface area is 235 Å². The summed E-state index contributed by atoms with van der Waals surface area (Å²) in [5.74, 6) is -4.28. The van der Waals surface area contributed by atoms with Crippen LogP contribution >= 0.6 is 0 Å². The van der Waals surface area contributed by atoms with Gasteiger partial charge in [0.1, 0.15) is 5.82 Å². The molecule has 0 aliphatic carbocycles. The van der Waals surface area contributed by atoms with Crippen LogP contribution in [0.3, 0.4) is 0 Å². The summed E-state index contributed by atoms with van der Waals surface area (Å²) < 4.78 is 102. The fourth-order valence-corrected chi connectivity index (χ4v) is 4.65. The predicted octanol–water partition coefficient (Wildman–Crippen LogP) is 5.52. The van der Waals surface area contributed by atoms with Crippen molar-refractivity contribution in [3.63, 3.8) is 0 Å². The molecule has 0 atom stereocenters. The number of nitrogens with one attached hydrogen (secondary N) is 1. The molecule has 0 aliphatic rings. The largest absolute Gasteiger partial charge is 0.431 e. The van der Waals surface area contributed by atoms with Crippen molar-refractivity contribution in [3.05, 3.63) is 108 Å². The molecule has 9 nitrogen and oxygen atoms in total. The summed E-state index contributed by atoms with van der Waals surface area (Å²) in [5.41, 5.74) is -0.710. The molecular weight excluding hydrogens is 589 g/mol. The van der Waals surface area contributed by atoms with Crippen LogP contribution in [0.2, 0.25) is 0 Å². The number of anilines is 2. The van der Waals surface area contributed by atoms with Crippen LogP contribution in [0.15, 0.2) is 96.2 Å². The van der Waals surface area contributed by atoms with Gasteiger partial charge in [0.25, 0.3) is 21.8 Å². The number of ether oxygens (including phenoxy) is 2. The summed E-state index contributed by atoms with van der Waals surface area (Å²) in [6.07, 6.45) is 2.54. The first kappa shape index (κ1) is 29.9. The molecule has 1 N–H and O–H groups in total. The topological polar surface area (TPSA) is 115 Å². The van der Waals surface area contributed by atoms with E-state index in [0.717, 1.165) is 59.5 Å². The van der Waals surface area contributed by atoms with Gasteiger partial charge in [-0.2, -0.15) is 17.6 Å². The van der Waals surface area contributed by atoms with Gasteiger partial charge in [-0.05, 0) is 72.8 Å². The van der Waals surface area contributed by atoms with Gasteiger partial charge >= 0.3 is 13.2 Å². The van der Waals surface area contributed by atoms with Crippen LogP contribution in [0, 0.1) is 5.82 Å². The van der Waals surface area contributed by atoms with Crippen molar-refractivity contribution in [1.82, 2.24) is 9.71 Å². The number of hydrogen-bond acceptors (Lipinski definition) is 7. The smallest absolute Gasteiger partial charge is 0.387 e. The molecule has 1 aromatic heterocycles. The van der Waals surface area contributed by atoms with Gasteiger partial charge in [0.2, 0.25) is 0 Å². The van der Waals surface area contributed by atoms with Gasteiger partial charge in [-0.1, -0.05) is 6.07 Å². The first-order valence-electron chi connectivity index (χ1n) is 11.7. The Hall–Kier alpha value is -5.05. The molecule has 1 heterocycles. The maximum absolute atomic E-state index is 13.6. The van der Waals surface area contributed by atoms with Gasteiger partial charge in [0, 0.05) is 23.6 Å². The molecule has 0 radical (unpaired) electrons. The maximum atomic E-state index is 13.6. The fourth-order valence-electron chi connectivity index (χ4n) is 3.68. The second-order valence-corrected chi connectivity index (χ2v) is 9.86. The number of rotatable bonds is 10. The average molecular weight is 608 g/mol. The standard InChI is InChI=1S/C27H18F5N3O6S/c28-18-8-12-20(13-9-18)42(38,39)34-24(36)16-6-10-19(11-7-16)35(25(37)17-3-2-14-33-15-17)21-4-1-5-22(40-26(29)30)23(21)41-27(31)32/h1-15,26-27H,(H,34,36). The third-order valence-corrected chi connectivity index (χ3v) is 6.82. The summed E-state index contributed by atoms with van der Waals surface area (Å²) in [7, 11) is -4.38. The SMILES string of the molecule is O=C(NS(=O)(=O)c1ccc(F)cc1)c1ccc(N(C(=O)c2cccnc2)c2cccc(OC(F)F)c2OC(F)F)cc1. The Morgan fingerprint density at radius 2 is 1.48 bits per heavy atom. The summed E-state index contributed by atoms with van der Waals surface area (Å²) in [6.45, 7) is -6.90. The van der Waals surface area contributed by atoms with E-state index in [0.29, 0.717) is 0 Å². The number of alkyl halides is 4. The Balaban J connectivity index is 1.74. The number of pyridine rings is 1. The monoisotopic (exact) mass is 607 g/mol. The molecule has 2 amide bonds. The van der Waals surface area contributed by atoms with Crippen LogP contribution in [-0.2, 0) is 10.0 Å². The molecule has 4 rings (SSSR count). The highest BCUT2D eigenvalue weighted by Gasteiger charge is 2.28. The minimum Gasteiger partial charge on any atom is -0.431 e. The van der Waals surface area contributed by atoms with E-state index in [1.165, 1.54) is 36.7 Å². The van der Waals surface area contributed by atoms with Gasteiger partial charge < -0.3 is 9.47 Å². The zero-order valence-corrected chi connectivity index (χ0v) is 21.8. The number of halogens is 5. The molecule has 218 valence electrons. The normalized spacial score (nSPS) is 11.3. The predicted molar refractivity (Wildman–Crippen MR) is 138 cm³/mol. The fraction of sp³-hybridized carbons (Fsp3) is 0.0741. The molecule has 0 fully saturated rings. The number of carbonyl (C=O) groups excluding carboxylic acids is 2. The number of aromatic nitrogens is 1. The molecular formula is C27H18F5N3O6S. The lowest BCUT2D eigenvalue weighted by Gasteiger charge is -2.26. The zero-order valence-electron chi connectivity index (χ0n) is 21.0. The van der Waals surface area contributed by atoms with Crippen LogP contribution in [0.5, 0.6) is 11.5 Å². The highest BCUT2D eigenvalue weighted by Crippen LogP contribution is 2.43. The third kappa shape index (κ3) is 6.98. The van der Waals surface area contributed by atoms with Crippen molar-refractivity contribution in [3.8, 4) is 11.5 Å². The number of benzene rings is 3. The van der Waals surface area contributed by atoms with Gasteiger partial charge in [0.05, 0.1) is 16.1 Å². The van der Waals surface area contributed by atoms with Crippen molar-refractivity contribution in [1.29, 1.82) is 0 Å². The summed E-state index contributed by atoms with van der Waals surface area (Å²) >= 11 is 0. The van der Waals surface area contributed by atoms with Gasteiger partial charge in [0.15, 0.2) is 11.5 Å². The first-order valence-corrected chi connectivity index (χ1v) is 13.1. The highest BCUT2D eigenvalue weighted by atomic mass is 32.2. The van der Waals surface area contributed by atoms with E-state index in [2.05, 4.69) is 14.5 Å². The second kappa shape index (κ2) is 12.6. The molecule has 15 heteroatoms. The van der Waals surface area contributed by atoms with Crippen molar-refractivity contribution < 1.29 is 49.4 Å². The Kier molecular flexibility index (Phi) is 9.00. The van der Waals surface area contributed by atoms with Crippen molar-refractivity contribution in [2.24, 2.45) is 0 Å². The molecule has 3 aromatic carbocycles. The Bertz CT molecular complexity index is 1670. The van der Waals surface area contributed by atoms with Crippen LogP contribution in [0.1, 0.15) is 20.7 Å². The van der Waals surface area contributed by atoms with E-state index >= 15 is 0 Å². The number of carbonyl (C=O) groups is 2. The van der Waals surface area contributed by atoms with Crippen molar-refractivity contribution in [2.75, 3.05) is 4.90 Å². The minimum atomic E-state index is -4.38. The number of amides is 2. The zero-order chi connectivity index (χ0) is 30.4. The number of hydrogen-bond donors (Lipinski definition) is 1. The number of para-hydroxylation sites is 1. The first-order chi connectivity index (χ1) is 20.0.